The normalized spacial score (nSPS) is 18.4. The molecule has 2 aliphatic rings. The van der Waals surface area contributed by atoms with Crippen molar-refractivity contribution >= 4 is 17.5 Å². The van der Waals surface area contributed by atoms with Crippen molar-refractivity contribution in [2.24, 2.45) is 5.73 Å². The second-order valence-electron chi connectivity index (χ2n) is 6.47. The van der Waals surface area contributed by atoms with Gasteiger partial charge >= 0.3 is 0 Å². The summed E-state index contributed by atoms with van der Waals surface area (Å²) in [7, 11) is 0. The zero-order valence-corrected chi connectivity index (χ0v) is 14.1. The molecule has 0 atom stereocenters. The fraction of sp³-hybridized carbons (Fsp3) is 0.556. The smallest absolute Gasteiger partial charge is 0.241 e. The van der Waals surface area contributed by atoms with Gasteiger partial charge in [-0.05, 0) is 24.5 Å². The molecule has 0 aliphatic carbocycles. The second kappa shape index (κ2) is 7.77. The third-order valence-electron chi connectivity index (χ3n) is 4.85. The van der Waals surface area contributed by atoms with Crippen molar-refractivity contribution in [3.63, 3.8) is 0 Å². The Morgan fingerprint density at radius 2 is 1.75 bits per heavy atom. The summed E-state index contributed by atoms with van der Waals surface area (Å²) in [5.41, 5.74) is 7.76. The highest BCUT2D eigenvalue weighted by atomic mass is 16.2. The lowest BCUT2D eigenvalue weighted by Gasteiger charge is -2.36. The van der Waals surface area contributed by atoms with E-state index in [1.807, 2.05) is 28.0 Å². The van der Waals surface area contributed by atoms with Crippen molar-refractivity contribution in [1.29, 1.82) is 0 Å². The Bertz CT molecular complexity index is 596. The lowest BCUT2D eigenvalue weighted by atomic mass is 10.0. The molecule has 0 aromatic heterocycles. The van der Waals surface area contributed by atoms with Gasteiger partial charge in [-0.25, -0.2) is 0 Å². The average Bonchev–Trinajstić information content (AvgIpc) is 2.62. The summed E-state index contributed by atoms with van der Waals surface area (Å²) in [6.07, 6.45) is 2.47. The number of para-hydroxylation sites is 1. The van der Waals surface area contributed by atoms with Gasteiger partial charge in [-0.2, -0.15) is 0 Å². The van der Waals surface area contributed by atoms with Crippen LogP contribution in [-0.4, -0.2) is 67.4 Å². The molecule has 3 rings (SSSR count). The predicted octanol–water partition coefficient (Wildman–Crippen LogP) is 0.459. The molecule has 2 heterocycles. The van der Waals surface area contributed by atoms with Crippen LogP contribution in [0.5, 0.6) is 0 Å². The van der Waals surface area contributed by atoms with E-state index >= 15 is 0 Å². The van der Waals surface area contributed by atoms with E-state index < -0.39 is 0 Å². The summed E-state index contributed by atoms with van der Waals surface area (Å²) in [4.78, 5) is 30.5. The third-order valence-corrected chi connectivity index (χ3v) is 4.85. The average molecular weight is 330 g/mol. The molecule has 0 radical (unpaired) electrons. The maximum absolute atomic E-state index is 12.7. The van der Waals surface area contributed by atoms with Crippen LogP contribution in [0.25, 0.3) is 0 Å². The highest BCUT2D eigenvalue weighted by Gasteiger charge is 2.26. The monoisotopic (exact) mass is 330 g/mol. The van der Waals surface area contributed by atoms with E-state index in [-0.39, 0.29) is 11.8 Å². The minimum Gasteiger partial charge on any atom is -0.340 e. The molecule has 0 unspecified atom stereocenters. The number of nitrogens with zero attached hydrogens (tertiary/aromatic N) is 3. The summed E-state index contributed by atoms with van der Waals surface area (Å²) < 4.78 is 0. The van der Waals surface area contributed by atoms with Crippen molar-refractivity contribution in [2.45, 2.75) is 19.3 Å². The predicted molar refractivity (Wildman–Crippen MR) is 93.8 cm³/mol. The molecule has 130 valence electrons. The number of nitrogens with two attached hydrogens (primary N) is 1. The number of fused-ring (bicyclic) bond motifs is 1. The first-order valence-electron chi connectivity index (χ1n) is 8.77. The lowest BCUT2D eigenvalue weighted by Crippen LogP contribution is -2.52. The fourth-order valence-electron chi connectivity index (χ4n) is 3.51. The summed E-state index contributed by atoms with van der Waals surface area (Å²) in [6, 6.07) is 8.17. The van der Waals surface area contributed by atoms with Gasteiger partial charge in [0.2, 0.25) is 11.8 Å². The summed E-state index contributed by atoms with van der Waals surface area (Å²) in [5, 5.41) is 0. The van der Waals surface area contributed by atoms with Crippen LogP contribution in [0.4, 0.5) is 5.69 Å². The number of piperazine rings is 1. The van der Waals surface area contributed by atoms with Gasteiger partial charge < -0.3 is 15.5 Å². The topological polar surface area (TPSA) is 69.9 Å². The van der Waals surface area contributed by atoms with Crippen molar-refractivity contribution in [3.05, 3.63) is 29.8 Å². The van der Waals surface area contributed by atoms with Crippen LogP contribution in [0, 0.1) is 0 Å². The van der Waals surface area contributed by atoms with Crippen molar-refractivity contribution in [3.8, 4) is 0 Å². The molecule has 1 fully saturated rings. The molecule has 6 nitrogen and oxygen atoms in total. The summed E-state index contributed by atoms with van der Waals surface area (Å²) in [6.45, 7) is 4.48. The Labute approximate surface area is 143 Å². The molecule has 1 saturated heterocycles. The Kier molecular flexibility index (Phi) is 5.48. The molecule has 1 aromatic rings. The van der Waals surface area contributed by atoms with E-state index in [1.54, 1.807) is 0 Å². The second-order valence-corrected chi connectivity index (χ2v) is 6.47. The van der Waals surface area contributed by atoms with Crippen LogP contribution in [0.1, 0.15) is 18.4 Å². The molecule has 1 aromatic carbocycles. The summed E-state index contributed by atoms with van der Waals surface area (Å²) >= 11 is 0. The van der Waals surface area contributed by atoms with Crippen LogP contribution >= 0.6 is 0 Å². The van der Waals surface area contributed by atoms with Gasteiger partial charge in [-0.3, -0.25) is 14.5 Å². The van der Waals surface area contributed by atoms with Crippen molar-refractivity contribution in [2.75, 3.05) is 50.7 Å². The van der Waals surface area contributed by atoms with Gasteiger partial charge in [0.15, 0.2) is 0 Å². The van der Waals surface area contributed by atoms with Crippen molar-refractivity contribution in [1.82, 2.24) is 9.80 Å². The number of carbonyl (C=O) groups excluding carboxylic acids is 2. The molecular weight excluding hydrogens is 304 g/mol. The van der Waals surface area contributed by atoms with E-state index in [1.165, 1.54) is 5.56 Å². The van der Waals surface area contributed by atoms with E-state index in [2.05, 4.69) is 11.0 Å². The maximum Gasteiger partial charge on any atom is 0.241 e. The number of hydrogen-bond acceptors (Lipinski definition) is 4. The molecule has 2 amide bonds. The van der Waals surface area contributed by atoms with E-state index in [0.717, 1.165) is 38.2 Å². The number of benzene rings is 1. The van der Waals surface area contributed by atoms with E-state index in [4.69, 9.17) is 5.73 Å². The molecule has 2 aliphatic heterocycles. The molecule has 0 saturated carbocycles. The van der Waals surface area contributed by atoms with Crippen LogP contribution in [0.2, 0.25) is 0 Å². The zero-order valence-electron chi connectivity index (χ0n) is 14.1. The van der Waals surface area contributed by atoms with Gasteiger partial charge in [0.05, 0.1) is 6.54 Å². The van der Waals surface area contributed by atoms with E-state index in [9.17, 15) is 9.59 Å². The number of rotatable bonds is 4. The first kappa shape index (κ1) is 16.9. The number of carbonyl (C=O) groups is 2. The van der Waals surface area contributed by atoms with Gasteiger partial charge in [-0.15, -0.1) is 0 Å². The number of aryl methyl sites for hydroxylation is 1. The van der Waals surface area contributed by atoms with Crippen LogP contribution < -0.4 is 10.6 Å². The molecule has 6 heteroatoms. The maximum atomic E-state index is 12.7. The molecule has 0 spiro atoms. The quantitative estimate of drug-likeness (QED) is 0.871. The van der Waals surface area contributed by atoms with E-state index in [0.29, 0.717) is 32.6 Å². The molecular formula is C18H26N4O2. The van der Waals surface area contributed by atoms with Crippen LogP contribution in [-0.2, 0) is 16.0 Å². The van der Waals surface area contributed by atoms with Gasteiger partial charge in [0.1, 0.15) is 0 Å². The third kappa shape index (κ3) is 3.76. The summed E-state index contributed by atoms with van der Waals surface area (Å²) in [5.74, 6) is 0.275. The zero-order chi connectivity index (χ0) is 16.9. The van der Waals surface area contributed by atoms with Gasteiger partial charge in [-0.1, -0.05) is 18.2 Å². The van der Waals surface area contributed by atoms with Gasteiger partial charge in [0.25, 0.3) is 0 Å². The van der Waals surface area contributed by atoms with Gasteiger partial charge in [0, 0.05) is 51.4 Å². The van der Waals surface area contributed by atoms with Crippen LogP contribution in [0.15, 0.2) is 24.3 Å². The Hall–Kier alpha value is -1.92. The first-order chi connectivity index (χ1) is 11.7. The number of amides is 2. The number of anilines is 1. The highest BCUT2D eigenvalue weighted by Crippen LogP contribution is 2.26. The SMILES string of the molecule is NCCC(=O)N1CCN(CC(=O)N2CCCc3ccccc32)CC1. The Morgan fingerprint density at radius 3 is 2.50 bits per heavy atom. The largest absolute Gasteiger partial charge is 0.340 e. The molecule has 0 bridgehead atoms. The Balaban J connectivity index is 1.55. The molecule has 2 N–H and O–H groups in total. The molecule has 24 heavy (non-hydrogen) atoms. The van der Waals surface area contributed by atoms with Crippen LogP contribution in [0.3, 0.4) is 0 Å². The minimum atomic E-state index is 0.119. The standard InChI is InChI=1S/C18H26N4O2/c19-8-7-17(23)21-12-10-20(11-13-21)14-18(24)22-9-3-5-15-4-1-2-6-16(15)22/h1-2,4,6H,3,5,7-14,19H2. The fourth-order valence-corrected chi connectivity index (χ4v) is 3.51. The highest BCUT2D eigenvalue weighted by molar-refractivity contribution is 5.96. The lowest BCUT2D eigenvalue weighted by molar-refractivity contribution is -0.132. The first-order valence-corrected chi connectivity index (χ1v) is 8.77. The minimum absolute atomic E-state index is 0.119. The number of hydrogen-bond donors (Lipinski definition) is 1. The van der Waals surface area contributed by atoms with Crippen molar-refractivity contribution < 1.29 is 9.59 Å². The Morgan fingerprint density at radius 1 is 1.00 bits per heavy atom.